The Balaban J connectivity index is 1.45. The number of nitrogens with two attached hydrogens (primary N) is 1. The Bertz CT molecular complexity index is 1370. The Morgan fingerprint density at radius 2 is 2.09 bits per heavy atom. The van der Waals surface area contributed by atoms with Crippen LogP contribution in [0.15, 0.2) is 42.5 Å². The fraction of sp³-hybridized carbons (Fsp3) is 0.360. The van der Waals surface area contributed by atoms with Crippen LogP contribution in [-0.4, -0.2) is 50.6 Å². The summed E-state index contributed by atoms with van der Waals surface area (Å²) in [6.07, 6.45) is 1.94. The van der Waals surface area contributed by atoms with E-state index in [0.717, 1.165) is 48.5 Å². The summed E-state index contributed by atoms with van der Waals surface area (Å²) in [7, 11) is 2.05. The maximum Gasteiger partial charge on any atom is 0.253 e. The van der Waals surface area contributed by atoms with E-state index in [0.29, 0.717) is 18.2 Å². The molecule has 2 atom stereocenters. The fourth-order valence-corrected chi connectivity index (χ4v) is 5.34. The zero-order valence-electron chi connectivity index (χ0n) is 18.5. The number of piperidine rings is 1. The molecular weight excluding hydrogens is 400 g/mol. The third-order valence-corrected chi connectivity index (χ3v) is 6.99. The van der Waals surface area contributed by atoms with Crippen molar-refractivity contribution in [3.05, 3.63) is 48.0 Å². The van der Waals surface area contributed by atoms with E-state index in [-0.39, 0.29) is 11.9 Å². The molecule has 4 aromatic rings. The van der Waals surface area contributed by atoms with Crippen molar-refractivity contribution >= 4 is 33.5 Å². The predicted octanol–water partition coefficient (Wildman–Crippen LogP) is 3.74. The van der Waals surface area contributed by atoms with Crippen LogP contribution >= 0.6 is 0 Å². The zero-order valence-corrected chi connectivity index (χ0v) is 18.5. The smallest absolute Gasteiger partial charge is 0.253 e. The lowest BCUT2D eigenvalue weighted by Crippen LogP contribution is -2.45. The third-order valence-electron chi connectivity index (χ3n) is 6.99. The second-order valence-corrected chi connectivity index (χ2v) is 9.22. The van der Waals surface area contributed by atoms with Crippen LogP contribution in [0.25, 0.3) is 33.5 Å². The van der Waals surface area contributed by atoms with E-state index in [1.165, 1.54) is 16.6 Å². The summed E-state index contributed by atoms with van der Waals surface area (Å²) in [5.74, 6) is 0.961. The molecule has 0 bridgehead atoms. The number of rotatable bonds is 2. The van der Waals surface area contributed by atoms with Crippen LogP contribution in [0.2, 0.25) is 0 Å². The van der Waals surface area contributed by atoms with Crippen molar-refractivity contribution in [1.29, 1.82) is 0 Å². The Morgan fingerprint density at radius 3 is 2.94 bits per heavy atom. The van der Waals surface area contributed by atoms with Crippen molar-refractivity contribution in [3.63, 3.8) is 0 Å². The molecule has 0 aliphatic carbocycles. The fourth-order valence-electron chi connectivity index (χ4n) is 5.34. The van der Waals surface area contributed by atoms with Gasteiger partial charge in [-0.05, 0) is 50.1 Å². The molecule has 1 unspecified atom stereocenters. The lowest BCUT2D eigenvalue weighted by atomic mass is 10.1. The molecule has 7 heteroatoms. The number of anilines is 1. The van der Waals surface area contributed by atoms with Crippen LogP contribution in [0.5, 0.6) is 0 Å². The number of amides is 1. The average Bonchev–Trinajstić information content (AvgIpc) is 3.35. The Hall–Kier alpha value is -3.32. The Morgan fingerprint density at radius 1 is 1.22 bits per heavy atom. The zero-order chi connectivity index (χ0) is 22.0. The number of para-hydroxylation sites is 1. The van der Waals surface area contributed by atoms with Gasteiger partial charge in [-0.25, -0.2) is 4.98 Å². The summed E-state index contributed by atoms with van der Waals surface area (Å²) in [5.41, 5.74) is 12.1. The molecule has 164 valence electrons. The number of fused-ring (bicyclic) bond motifs is 1. The molecule has 7 nitrogen and oxygen atoms in total. The first-order valence-electron chi connectivity index (χ1n) is 11.4. The number of imidazole rings is 1. The quantitative estimate of drug-likeness (QED) is 0.510. The molecule has 1 saturated heterocycles. The van der Waals surface area contributed by atoms with Crippen molar-refractivity contribution in [3.8, 4) is 11.5 Å². The van der Waals surface area contributed by atoms with Crippen LogP contribution < -0.4 is 11.1 Å². The molecule has 6 rings (SSSR count). The van der Waals surface area contributed by atoms with Crippen molar-refractivity contribution in [2.24, 2.45) is 12.8 Å². The van der Waals surface area contributed by atoms with Crippen LogP contribution in [0, 0.1) is 0 Å². The van der Waals surface area contributed by atoms with Gasteiger partial charge in [-0.1, -0.05) is 12.1 Å². The van der Waals surface area contributed by atoms with Crippen molar-refractivity contribution in [2.45, 2.75) is 31.8 Å². The normalized spacial score (nSPS) is 20.7. The van der Waals surface area contributed by atoms with E-state index >= 15 is 0 Å². The largest absolute Gasteiger partial charge is 0.381 e. The highest BCUT2D eigenvalue weighted by atomic mass is 16.2. The molecular formula is C25H28N6O. The van der Waals surface area contributed by atoms with Gasteiger partial charge >= 0.3 is 0 Å². The van der Waals surface area contributed by atoms with Gasteiger partial charge in [0.2, 0.25) is 0 Å². The molecule has 2 aromatic carbocycles. The van der Waals surface area contributed by atoms with E-state index in [4.69, 9.17) is 10.7 Å². The van der Waals surface area contributed by atoms with E-state index < -0.39 is 0 Å². The molecule has 2 aromatic heterocycles. The van der Waals surface area contributed by atoms with Crippen molar-refractivity contribution in [1.82, 2.24) is 19.0 Å². The molecule has 0 radical (unpaired) electrons. The van der Waals surface area contributed by atoms with Crippen LogP contribution in [0.3, 0.4) is 0 Å². The van der Waals surface area contributed by atoms with Gasteiger partial charge in [-0.15, -0.1) is 0 Å². The van der Waals surface area contributed by atoms with Gasteiger partial charge in [0.1, 0.15) is 0 Å². The Kier molecular flexibility index (Phi) is 4.30. The first-order valence-corrected chi connectivity index (χ1v) is 11.4. The molecule has 3 N–H and O–H groups in total. The van der Waals surface area contributed by atoms with Crippen molar-refractivity contribution in [2.75, 3.05) is 25.0 Å². The number of hydrogen-bond acceptors (Lipinski definition) is 4. The number of aromatic nitrogens is 3. The molecule has 2 aliphatic rings. The molecule has 0 saturated carbocycles. The van der Waals surface area contributed by atoms with Crippen LogP contribution in [0.4, 0.5) is 5.69 Å². The molecule has 4 heterocycles. The van der Waals surface area contributed by atoms with Gasteiger partial charge in [0.05, 0.1) is 27.9 Å². The summed E-state index contributed by atoms with van der Waals surface area (Å²) in [5, 5.41) is 4.75. The number of hydrogen-bond donors (Lipinski definition) is 2. The first kappa shape index (κ1) is 19.4. The topological polar surface area (TPSA) is 81.1 Å². The minimum Gasteiger partial charge on any atom is -0.381 e. The van der Waals surface area contributed by atoms with Gasteiger partial charge in [0, 0.05) is 49.7 Å². The predicted molar refractivity (Wildman–Crippen MR) is 128 cm³/mol. The second kappa shape index (κ2) is 7.10. The maximum absolute atomic E-state index is 13.1. The first-order chi connectivity index (χ1) is 15.5. The SMILES string of the molecule is CC1CNc2cccc3cc(-c4nc5cc(C(=O)N6CCC[C@@H](N)C6)ccc5n4C)n1c23. The minimum absolute atomic E-state index is 0.0436. The number of carbonyl (C=O) groups excluding carboxylic acids is 1. The number of likely N-dealkylation sites (tertiary alicyclic amines) is 1. The standard InChI is InChI=1S/C25H28N6O/c1-15-13-27-19-7-3-5-16-12-22(31(15)23(16)19)24-28-20-11-17(8-9-21(20)29(24)2)25(32)30-10-4-6-18(26)14-30/h3,5,7-9,11-12,15,18,27H,4,6,10,13-14,26H2,1-2H3/t15?,18-/m1/s1. The molecule has 1 fully saturated rings. The maximum atomic E-state index is 13.1. The third kappa shape index (κ3) is 2.84. The van der Waals surface area contributed by atoms with E-state index in [2.05, 4.69) is 45.6 Å². The van der Waals surface area contributed by atoms with Crippen LogP contribution in [0.1, 0.15) is 36.2 Å². The highest BCUT2D eigenvalue weighted by Crippen LogP contribution is 2.38. The van der Waals surface area contributed by atoms with Gasteiger partial charge in [-0.2, -0.15) is 0 Å². The van der Waals surface area contributed by atoms with E-state index in [1.54, 1.807) is 0 Å². The molecule has 1 amide bonds. The summed E-state index contributed by atoms with van der Waals surface area (Å²) < 4.78 is 4.52. The molecule has 2 aliphatic heterocycles. The monoisotopic (exact) mass is 428 g/mol. The lowest BCUT2D eigenvalue weighted by molar-refractivity contribution is 0.0709. The van der Waals surface area contributed by atoms with Gasteiger partial charge < -0.3 is 25.1 Å². The van der Waals surface area contributed by atoms with Gasteiger partial charge in [0.25, 0.3) is 5.91 Å². The average molecular weight is 429 g/mol. The highest BCUT2D eigenvalue weighted by Gasteiger charge is 2.26. The number of nitrogens with zero attached hydrogens (tertiary/aromatic N) is 4. The number of aryl methyl sites for hydroxylation is 1. The number of nitrogens with one attached hydrogen (secondary N) is 1. The summed E-state index contributed by atoms with van der Waals surface area (Å²) in [6, 6.07) is 14.8. The molecule has 0 spiro atoms. The Labute approximate surface area is 186 Å². The van der Waals surface area contributed by atoms with E-state index in [1.807, 2.05) is 30.1 Å². The summed E-state index contributed by atoms with van der Waals surface area (Å²) >= 11 is 0. The van der Waals surface area contributed by atoms with Crippen LogP contribution in [-0.2, 0) is 7.05 Å². The van der Waals surface area contributed by atoms with E-state index in [9.17, 15) is 4.79 Å². The summed E-state index contributed by atoms with van der Waals surface area (Å²) in [6.45, 7) is 4.51. The van der Waals surface area contributed by atoms with Crippen molar-refractivity contribution < 1.29 is 4.79 Å². The summed E-state index contributed by atoms with van der Waals surface area (Å²) in [4.78, 5) is 20.0. The van der Waals surface area contributed by atoms with Gasteiger partial charge in [-0.3, -0.25) is 4.79 Å². The second-order valence-electron chi connectivity index (χ2n) is 9.22. The number of carbonyl (C=O) groups is 1. The lowest BCUT2D eigenvalue weighted by Gasteiger charge is -2.30. The highest BCUT2D eigenvalue weighted by molar-refractivity contribution is 5.99. The van der Waals surface area contributed by atoms with Gasteiger partial charge in [0.15, 0.2) is 5.82 Å². The number of benzene rings is 2. The molecule has 32 heavy (non-hydrogen) atoms. The minimum atomic E-state index is 0.0436.